The molecule has 0 aliphatic heterocycles. The van der Waals surface area contributed by atoms with Crippen molar-refractivity contribution in [1.82, 2.24) is 14.3 Å². The summed E-state index contributed by atoms with van der Waals surface area (Å²) in [6.07, 6.45) is -0.629. The lowest BCUT2D eigenvalue weighted by Crippen LogP contribution is -2.52. The van der Waals surface area contributed by atoms with Gasteiger partial charge in [-0.3, -0.25) is 0 Å². The molecule has 0 saturated heterocycles. The Hall–Kier alpha value is -1.68. The number of carbonyl (C=O) groups is 1. The van der Waals surface area contributed by atoms with Crippen molar-refractivity contribution in [3.63, 3.8) is 0 Å². The molecule has 0 heterocycles. The second-order valence-corrected chi connectivity index (χ2v) is 9.03. The van der Waals surface area contributed by atoms with Crippen LogP contribution in [-0.2, 0) is 16.6 Å². The molecule has 2 atom stereocenters. The molecule has 0 bridgehead atoms. The molecule has 0 unspecified atom stereocenters. The zero-order chi connectivity index (χ0) is 21.2. The average Bonchev–Trinajstić information content (AvgIpc) is 2.60. The first-order valence-electron chi connectivity index (χ1n) is 9.61. The van der Waals surface area contributed by atoms with E-state index in [2.05, 4.69) is 10.0 Å². The van der Waals surface area contributed by atoms with E-state index in [1.165, 1.54) is 4.31 Å². The number of benzene rings is 1. The van der Waals surface area contributed by atoms with Crippen molar-refractivity contribution in [3.05, 3.63) is 35.9 Å². The number of nitrogens with one attached hydrogen (secondary N) is 2. The minimum atomic E-state index is -3.77. The minimum Gasteiger partial charge on any atom is -0.465 e. The maximum Gasteiger partial charge on any atom is 0.404 e. The maximum absolute atomic E-state index is 12.6. The highest BCUT2D eigenvalue weighted by atomic mass is 32.2. The molecule has 1 aromatic carbocycles. The fourth-order valence-electron chi connectivity index (χ4n) is 2.79. The largest absolute Gasteiger partial charge is 0.465 e. The van der Waals surface area contributed by atoms with Crippen molar-refractivity contribution in [1.29, 1.82) is 0 Å². The first kappa shape index (κ1) is 24.4. The van der Waals surface area contributed by atoms with Crippen molar-refractivity contribution in [3.8, 4) is 0 Å². The summed E-state index contributed by atoms with van der Waals surface area (Å²) in [6, 6.07) is 8.33. The Labute approximate surface area is 168 Å². The van der Waals surface area contributed by atoms with Gasteiger partial charge in [-0.15, -0.1) is 0 Å². The van der Waals surface area contributed by atoms with Gasteiger partial charge in [0.2, 0.25) is 0 Å². The van der Waals surface area contributed by atoms with Gasteiger partial charge in [-0.05, 0) is 24.3 Å². The molecule has 1 rings (SSSR count). The van der Waals surface area contributed by atoms with E-state index in [9.17, 15) is 18.3 Å². The van der Waals surface area contributed by atoms with Gasteiger partial charge >= 0.3 is 6.09 Å². The third-order valence-electron chi connectivity index (χ3n) is 4.19. The Balaban J connectivity index is 2.93. The van der Waals surface area contributed by atoms with Crippen LogP contribution in [0.1, 0.15) is 39.2 Å². The molecule has 0 aromatic heterocycles. The highest BCUT2D eigenvalue weighted by Crippen LogP contribution is 2.11. The lowest BCUT2D eigenvalue weighted by atomic mass is 10.0. The lowest BCUT2D eigenvalue weighted by molar-refractivity contribution is 0.0977. The molecular formula is C19H33N3O5S. The highest BCUT2D eigenvalue weighted by Gasteiger charge is 2.29. The molecule has 8 nitrogen and oxygen atoms in total. The van der Waals surface area contributed by atoms with Crippen LogP contribution in [0.2, 0.25) is 0 Å². The Morgan fingerprint density at radius 2 is 1.82 bits per heavy atom. The van der Waals surface area contributed by atoms with E-state index in [-0.39, 0.29) is 25.4 Å². The normalized spacial score (nSPS) is 14.2. The second-order valence-electron chi connectivity index (χ2n) is 7.28. The van der Waals surface area contributed by atoms with E-state index >= 15 is 0 Å². The monoisotopic (exact) mass is 415 g/mol. The van der Waals surface area contributed by atoms with Gasteiger partial charge in [0.05, 0.1) is 12.1 Å². The van der Waals surface area contributed by atoms with Gasteiger partial charge in [-0.1, -0.05) is 57.5 Å². The van der Waals surface area contributed by atoms with Gasteiger partial charge in [0.15, 0.2) is 0 Å². The molecule has 0 fully saturated rings. The third kappa shape index (κ3) is 9.01. The van der Waals surface area contributed by atoms with Gasteiger partial charge in [0.1, 0.15) is 0 Å². The Morgan fingerprint density at radius 3 is 2.36 bits per heavy atom. The molecule has 160 valence electrons. The lowest BCUT2D eigenvalue weighted by Gasteiger charge is -2.30. The molecule has 0 radical (unpaired) electrons. The summed E-state index contributed by atoms with van der Waals surface area (Å²) in [7, 11) is -3.77. The van der Waals surface area contributed by atoms with Crippen molar-refractivity contribution >= 4 is 16.3 Å². The van der Waals surface area contributed by atoms with Crippen LogP contribution in [-0.4, -0.2) is 60.8 Å². The Kier molecular flexibility index (Phi) is 10.4. The molecule has 4 N–H and O–H groups in total. The van der Waals surface area contributed by atoms with Crippen molar-refractivity contribution in [2.45, 2.75) is 52.2 Å². The molecule has 0 aliphatic carbocycles. The van der Waals surface area contributed by atoms with Crippen LogP contribution in [0.5, 0.6) is 0 Å². The van der Waals surface area contributed by atoms with E-state index < -0.39 is 28.4 Å². The third-order valence-corrected chi connectivity index (χ3v) is 5.73. The van der Waals surface area contributed by atoms with Gasteiger partial charge in [-0.2, -0.15) is 12.7 Å². The van der Waals surface area contributed by atoms with Crippen LogP contribution in [0.25, 0.3) is 0 Å². The summed E-state index contributed by atoms with van der Waals surface area (Å²) in [5.41, 5.74) is 0.847. The van der Waals surface area contributed by atoms with E-state index in [4.69, 9.17) is 5.11 Å². The summed E-state index contributed by atoms with van der Waals surface area (Å²) in [5, 5.41) is 22.1. The van der Waals surface area contributed by atoms with E-state index in [1.54, 1.807) is 0 Å². The number of hydrogen-bond donors (Lipinski definition) is 4. The minimum absolute atomic E-state index is 0.0509. The standard InChI is InChI=1S/C19H33N3O5S/c1-4-5-11-20-28(26,27)22(13-15(2)3)14-18(23)17(21-19(24)25)12-16-9-7-6-8-10-16/h6-10,15,17-18,20-21,23H,4-5,11-14H2,1-3H3,(H,24,25)/t17-,18+/m0/s1. The van der Waals surface area contributed by atoms with Gasteiger partial charge in [0.25, 0.3) is 10.2 Å². The topological polar surface area (TPSA) is 119 Å². The zero-order valence-electron chi connectivity index (χ0n) is 16.8. The van der Waals surface area contributed by atoms with Crippen molar-refractivity contribution in [2.24, 2.45) is 5.92 Å². The van der Waals surface area contributed by atoms with Crippen LogP contribution in [0.4, 0.5) is 4.79 Å². The van der Waals surface area contributed by atoms with Gasteiger partial charge in [0, 0.05) is 19.6 Å². The number of aliphatic hydroxyl groups is 1. The summed E-state index contributed by atoms with van der Waals surface area (Å²) in [6.45, 7) is 6.09. The maximum atomic E-state index is 12.6. The Morgan fingerprint density at radius 1 is 1.18 bits per heavy atom. The van der Waals surface area contributed by atoms with Gasteiger partial charge in [-0.25, -0.2) is 9.52 Å². The molecule has 28 heavy (non-hydrogen) atoms. The van der Waals surface area contributed by atoms with Crippen LogP contribution < -0.4 is 10.0 Å². The van der Waals surface area contributed by atoms with Crippen LogP contribution in [0.15, 0.2) is 30.3 Å². The summed E-state index contributed by atoms with van der Waals surface area (Å²) in [4.78, 5) is 11.2. The molecule has 1 amide bonds. The summed E-state index contributed by atoms with van der Waals surface area (Å²) < 4.78 is 29.0. The Bertz CT molecular complexity index is 682. The van der Waals surface area contributed by atoms with E-state index in [0.29, 0.717) is 13.0 Å². The molecular weight excluding hydrogens is 382 g/mol. The second kappa shape index (κ2) is 12.0. The number of unbranched alkanes of at least 4 members (excludes halogenated alkanes) is 1. The quantitative estimate of drug-likeness (QED) is 0.367. The molecule has 9 heteroatoms. The number of nitrogens with zero attached hydrogens (tertiary/aromatic N) is 1. The fraction of sp³-hybridized carbons (Fsp3) is 0.632. The molecule has 0 spiro atoms. The molecule has 1 aromatic rings. The first-order chi connectivity index (χ1) is 13.2. The first-order valence-corrected chi connectivity index (χ1v) is 11.1. The van der Waals surface area contributed by atoms with Crippen molar-refractivity contribution in [2.75, 3.05) is 19.6 Å². The zero-order valence-corrected chi connectivity index (χ0v) is 17.7. The van der Waals surface area contributed by atoms with Crippen LogP contribution in [0.3, 0.4) is 0 Å². The van der Waals surface area contributed by atoms with E-state index in [1.807, 2.05) is 51.1 Å². The summed E-state index contributed by atoms with van der Waals surface area (Å²) >= 11 is 0. The van der Waals surface area contributed by atoms with E-state index in [0.717, 1.165) is 12.0 Å². The highest BCUT2D eigenvalue weighted by molar-refractivity contribution is 7.87. The van der Waals surface area contributed by atoms with Crippen LogP contribution >= 0.6 is 0 Å². The fourth-order valence-corrected chi connectivity index (χ4v) is 4.22. The number of rotatable bonds is 13. The predicted molar refractivity (Wildman–Crippen MR) is 109 cm³/mol. The number of aliphatic hydroxyl groups excluding tert-OH is 1. The van der Waals surface area contributed by atoms with Gasteiger partial charge < -0.3 is 15.5 Å². The summed E-state index contributed by atoms with van der Waals surface area (Å²) in [5.74, 6) is 0.0509. The molecule has 0 aliphatic rings. The average molecular weight is 416 g/mol. The number of carboxylic acid groups (broad SMARTS) is 1. The van der Waals surface area contributed by atoms with Crippen LogP contribution in [0, 0.1) is 5.92 Å². The number of amides is 1. The van der Waals surface area contributed by atoms with Crippen molar-refractivity contribution < 1.29 is 23.4 Å². The number of hydrogen-bond acceptors (Lipinski definition) is 4. The SMILES string of the molecule is CCCCNS(=O)(=O)N(CC(C)C)C[C@@H](O)[C@H](Cc1ccccc1)NC(=O)O. The molecule has 0 saturated carbocycles. The smallest absolute Gasteiger partial charge is 0.404 e. The predicted octanol–water partition coefficient (Wildman–Crippen LogP) is 1.82.